The van der Waals surface area contributed by atoms with Crippen molar-refractivity contribution in [3.05, 3.63) is 70.7 Å². The first-order valence-electron chi connectivity index (χ1n) is 8.01. The van der Waals surface area contributed by atoms with E-state index >= 15 is 0 Å². The molecule has 1 aliphatic heterocycles. The Morgan fingerprint density at radius 1 is 1.00 bits per heavy atom. The first kappa shape index (κ1) is 16.5. The number of hydrogen-bond donors (Lipinski definition) is 2. The van der Waals surface area contributed by atoms with Crippen LogP contribution < -0.4 is 0 Å². The molecule has 0 spiro atoms. The fraction of sp³-hybridized carbons (Fsp3) is 0.368. The molecule has 2 N–H and O–H groups in total. The molecule has 0 saturated carbocycles. The first-order chi connectivity index (χ1) is 11.1. The van der Waals surface area contributed by atoms with Gasteiger partial charge in [-0.2, -0.15) is 0 Å². The van der Waals surface area contributed by atoms with Gasteiger partial charge in [-0.05, 0) is 36.1 Å². The Bertz CT molecular complexity index is 622. The molecule has 1 heterocycles. The van der Waals surface area contributed by atoms with E-state index in [-0.39, 0.29) is 0 Å². The lowest BCUT2D eigenvalue weighted by molar-refractivity contribution is -0.0344. The van der Waals surface area contributed by atoms with Gasteiger partial charge in [-0.15, -0.1) is 0 Å². The van der Waals surface area contributed by atoms with Crippen molar-refractivity contribution in [3.63, 3.8) is 0 Å². The second kappa shape index (κ2) is 7.02. The van der Waals surface area contributed by atoms with Gasteiger partial charge in [0.25, 0.3) is 0 Å². The largest absolute Gasteiger partial charge is 0.387 e. The number of benzene rings is 2. The molecule has 1 aliphatic rings. The van der Waals surface area contributed by atoms with Crippen molar-refractivity contribution in [1.29, 1.82) is 0 Å². The molecule has 3 nitrogen and oxygen atoms in total. The summed E-state index contributed by atoms with van der Waals surface area (Å²) in [5.74, 6) is 0. The van der Waals surface area contributed by atoms with Crippen molar-refractivity contribution in [2.45, 2.75) is 24.5 Å². The van der Waals surface area contributed by atoms with Crippen LogP contribution in [0.3, 0.4) is 0 Å². The van der Waals surface area contributed by atoms with Crippen LogP contribution in [0.1, 0.15) is 30.1 Å². The average molecular weight is 332 g/mol. The van der Waals surface area contributed by atoms with Crippen LogP contribution in [0, 0.1) is 0 Å². The SMILES string of the molecule is O[C@@H](CN1CCC(O)(c2ccccc2)CC1)c1ccc(Cl)cc1. The number of aliphatic hydroxyl groups excluding tert-OH is 1. The van der Waals surface area contributed by atoms with Crippen molar-refractivity contribution in [3.8, 4) is 0 Å². The van der Waals surface area contributed by atoms with Crippen molar-refractivity contribution >= 4 is 11.6 Å². The molecule has 0 aromatic heterocycles. The van der Waals surface area contributed by atoms with E-state index in [1.807, 2.05) is 42.5 Å². The molecule has 0 radical (unpaired) electrons. The summed E-state index contributed by atoms with van der Waals surface area (Å²) in [6.45, 7) is 2.12. The van der Waals surface area contributed by atoms with E-state index in [9.17, 15) is 10.2 Å². The summed E-state index contributed by atoms with van der Waals surface area (Å²) in [6, 6.07) is 17.2. The maximum absolute atomic E-state index is 10.8. The number of aliphatic hydroxyl groups is 2. The third-order valence-electron chi connectivity index (χ3n) is 4.68. The first-order valence-corrected chi connectivity index (χ1v) is 8.38. The van der Waals surface area contributed by atoms with Crippen LogP contribution in [0.15, 0.2) is 54.6 Å². The second-order valence-corrected chi connectivity index (χ2v) is 6.70. The molecule has 2 aromatic carbocycles. The minimum Gasteiger partial charge on any atom is -0.387 e. The van der Waals surface area contributed by atoms with Gasteiger partial charge < -0.3 is 15.1 Å². The topological polar surface area (TPSA) is 43.7 Å². The molecule has 1 atom stereocenters. The number of piperidine rings is 1. The summed E-state index contributed by atoms with van der Waals surface area (Å²) in [7, 11) is 0. The minimum atomic E-state index is -0.747. The standard InChI is InChI=1S/C19H22ClNO2/c20-17-8-6-15(7-9-17)18(22)14-21-12-10-19(23,11-13-21)16-4-2-1-3-5-16/h1-9,18,22-23H,10-14H2/t18-/m0/s1. The van der Waals surface area contributed by atoms with Crippen molar-refractivity contribution in [1.82, 2.24) is 4.90 Å². The summed E-state index contributed by atoms with van der Waals surface area (Å²) in [5.41, 5.74) is 1.11. The summed E-state index contributed by atoms with van der Waals surface area (Å²) in [4.78, 5) is 2.21. The van der Waals surface area contributed by atoms with Crippen LogP contribution in [-0.2, 0) is 5.60 Å². The van der Waals surface area contributed by atoms with Crippen LogP contribution in [0.4, 0.5) is 0 Å². The monoisotopic (exact) mass is 331 g/mol. The molecule has 1 fully saturated rings. The zero-order valence-electron chi connectivity index (χ0n) is 13.0. The summed E-state index contributed by atoms with van der Waals surface area (Å²) in [5, 5.41) is 21.9. The quantitative estimate of drug-likeness (QED) is 0.903. The maximum Gasteiger partial charge on any atom is 0.0920 e. The van der Waals surface area contributed by atoms with Gasteiger partial charge >= 0.3 is 0 Å². The van der Waals surface area contributed by atoms with Crippen LogP contribution >= 0.6 is 11.6 Å². The van der Waals surface area contributed by atoms with Crippen molar-refractivity contribution < 1.29 is 10.2 Å². The van der Waals surface area contributed by atoms with Gasteiger partial charge in [0.1, 0.15) is 0 Å². The lowest BCUT2D eigenvalue weighted by Crippen LogP contribution is -2.43. The van der Waals surface area contributed by atoms with Crippen LogP contribution in [0.5, 0.6) is 0 Å². The van der Waals surface area contributed by atoms with E-state index in [0.29, 0.717) is 24.4 Å². The molecular weight excluding hydrogens is 310 g/mol. The van der Waals surface area contributed by atoms with Crippen LogP contribution in [0.25, 0.3) is 0 Å². The zero-order chi connectivity index (χ0) is 16.3. The molecule has 0 aliphatic carbocycles. The molecule has 3 rings (SSSR count). The second-order valence-electron chi connectivity index (χ2n) is 6.27. The van der Waals surface area contributed by atoms with Crippen LogP contribution in [0.2, 0.25) is 5.02 Å². The van der Waals surface area contributed by atoms with Gasteiger partial charge in [0.15, 0.2) is 0 Å². The summed E-state index contributed by atoms with van der Waals surface area (Å²) < 4.78 is 0. The minimum absolute atomic E-state index is 0.532. The van der Waals surface area contributed by atoms with E-state index in [4.69, 9.17) is 11.6 Å². The number of β-amino-alcohol motifs (C(OH)–C–C–N with tert-alkyl or cyclic N) is 1. The van der Waals surface area contributed by atoms with E-state index < -0.39 is 11.7 Å². The predicted molar refractivity (Wildman–Crippen MR) is 92.4 cm³/mol. The van der Waals surface area contributed by atoms with Gasteiger partial charge in [-0.25, -0.2) is 0 Å². The van der Waals surface area contributed by atoms with Crippen molar-refractivity contribution in [2.75, 3.05) is 19.6 Å². The third-order valence-corrected chi connectivity index (χ3v) is 4.93. The molecule has 0 amide bonds. The Kier molecular flexibility index (Phi) is 5.02. The third kappa shape index (κ3) is 3.93. The highest BCUT2D eigenvalue weighted by Gasteiger charge is 2.34. The Morgan fingerprint density at radius 3 is 2.22 bits per heavy atom. The summed E-state index contributed by atoms with van der Waals surface area (Å²) in [6.07, 6.45) is 0.838. The Balaban J connectivity index is 1.58. The van der Waals surface area contributed by atoms with Gasteiger partial charge in [0.05, 0.1) is 11.7 Å². The normalized spacial score (nSPS) is 19.4. The van der Waals surface area contributed by atoms with Gasteiger partial charge in [-0.1, -0.05) is 54.1 Å². The highest BCUT2D eigenvalue weighted by molar-refractivity contribution is 6.30. The molecule has 122 valence electrons. The Morgan fingerprint density at radius 2 is 1.61 bits per heavy atom. The highest BCUT2D eigenvalue weighted by atomic mass is 35.5. The van der Waals surface area contributed by atoms with Crippen LogP contribution in [-0.4, -0.2) is 34.7 Å². The predicted octanol–water partition coefficient (Wildman–Crippen LogP) is 3.36. The molecule has 4 heteroatoms. The maximum atomic E-state index is 10.8. The molecular formula is C19H22ClNO2. The molecule has 23 heavy (non-hydrogen) atoms. The number of halogens is 1. The number of likely N-dealkylation sites (tertiary alicyclic amines) is 1. The van der Waals surface area contributed by atoms with E-state index in [2.05, 4.69) is 4.90 Å². The molecule has 0 bridgehead atoms. The van der Waals surface area contributed by atoms with Gasteiger partial charge in [0, 0.05) is 24.7 Å². The Labute approximate surface area is 142 Å². The smallest absolute Gasteiger partial charge is 0.0920 e. The zero-order valence-corrected chi connectivity index (χ0v) is 13.8. The fourth-order valence-electron chi connectivity index (χ4n) is 3.18. The lowest BCUT2D eigenvalue weighted by Gasteiger charge is -2.39. The highest BCUT2D eigenvalue weighted by Crippen LogP contribution is 2.33. The fourth-order valence-corrected chi connectivity index (χ4v) is 3.30. The molecule has 0 unspecified atom stereocenters. The lowest BCUT2D eigenvalue weighted by atomic mass is 9.84. The van der Waals surface area contributed by atoms with E-state index in [0.717, 1.165) is 24.2 Å². The summed E-state index contributed by atoms with van der Waals surface area (Å²) >= 11 is 5.88. The number of hydrogen-bond acceptors (Lipinski definition) is 3. The molecule has 2 aromatic rings. The van der Waals surface area contributed by atoms with Gasteiger partial charge in [-0.3, -0.25) is 0 Å². The average Bonchev–Trinajstić information content (AvgIpc) is 2.58. The number of rotatable bonds is 4. The molecule has 1 saturated heterocycles. The van der Waals surface area contributed by atoms with Crippen molar-refractivity contribution in [2.24, 2.45) is 0 Å². The number of nitrogens with zero attached hydrogens (tertiary/aromatic N) is 1. The Hall–Kier alpha value is -1.39. The van der Waals surface area contributed by atoms with E-state index in [1.165, 1.54) is 0 Å². The van der Waals surface area contributed by atoms with Gasteiger partial charge in [0.2, 0.25) is 0 Å². The van der Waals surface area contributed by atoms with E-state index in [1.54, 1.807) is 12.1 Å².